The number of hydrogen-bond donors (Lipinski definition) is 1. The zero-order valence-corrected chi connectivity index (χ0v) is 6.09. The van der Waals surface area contributed by atoms with Gasteiger partial charge in [0, 0.05) is 0 Å². The van der Waals surface area contributed by atoms with Crippen molar-refractivity contribution in [3.05, 3.63) is 12.2 Å². The molecule has 2 unspecified atom stereocenters. The number of rotatable bonds is 1. The van der Waals surface area contributed by atoms with Gasteiger partial charge in [-0.05, 0) is 18.3 Å². The molecule has 1 N–H and O–H groups in total. The minimum Gasteiger partial charge on any atom is -0.389 e. The zero-order chi connectivity index (χ0) is 6.91. The molecule has 0 amide bonds. The van der Waals surface area contributed by atoms with Crippen LogP contribution in [0.1, 0.15) is 26.7 Å². The summed E-state index contributed by atoms with van der Waals surface area (Å²) in [4.78, 5) is 0. The number of hydrogen-bond acceptors (Lipinski definition) is 1. The van der Waals surface area contributed by atoms with E-state index in [1.807, 2.05) is 6.08 Å². The molecule has 0 fully saturated rings. The summed E-state index contributed by atoms with van der Waals surface area (Å²) in [6.07, 6.45) is 5.86. The van der Waals surface area contributed by atoms with Crippen molar-refractivity contribution in [2.75, 3.05) is 0 Å². The summed E-state index contributed by atoms with van der Waals surface area (Å²) < 4.78 is 0. The van der Waals surface area contributed by atoms with E-state index in [4.69, 9.17) is 5.11 Å². The maximum absolute atomic E-state index is 9.11. The van der Waals surface area contributed by atoms with Gasteiger partial charge >= 0.3 is 0 Å². The average Bonchev–Trinajstić information content (AvgIpc) is 2.13. The van der Waals surface area contributed by atoms with Crippen molar-refractivity contribution in [2.45, 2.75) is 32.8 Å². The van der Waals surface area contributed by atoms with Crippen LogP contribution in [0, 0.1) is 5.41 Å². The Labute approximate surface area is 56.4 Å². The highest BCUT2D eigenvalue weighted by Crippen LogP contribution is 2.34. The number of allylic oxidation sites excluding steroid dienone is 1. The predicted octanol–water partition coefficient (Wildman–Crippen LogP) is 1.72. The molecule has 0 aliphatic heterocycles. The fraction of sp³-hybridized carbons (Fsp3) is 0.750. The van der Waals surface area contributed by atoms with E-state index in [1.165, 1.54) is 0 Å². The van der Waals surface area contributed by atoms with Crippen LogP contribution in [0.15, 0.2) is 12.2 Å². The first-order chi connectivity index (χ1) is 4.16. The molecule has 0 aromatic rings. The summed E-state index contributed by atoms with van der Waals surface area (Å²) in [5.74, 6) is 0. The molecule has 52 valence electrons. The third-order valence-electron chi connectivity index (χ3n) is 2.20. The van der Waals surface area contributed by atoms with E-state index in [-0.39, 0.29) is 11.5 Å². The maximum atomic E-state index is 9.11. The van der Waals surface area contributed by atoms with Gasteiger partial charge in [-0.3, -0.25) is 0 Å². The van der Waals surface area contributed by atoms with E-state index in [0.717, 1.165) is 12.8 Å². The second-order valence-electron chi connectivity index (χ2n) is 3.14. The van der Waals surface area contributed by atoms with Crippen molar-refractivity contribution in [3.63, 3.8) is 0 Å². The Morgan fingerprint density at radius 1 is 1.78 bits per heavy atom. The molecule has 1 aliphatic carbocycles. The van der Waals surface area contributed by atoms with Crippen LogP contribution in [0.2, 0.25) is 0 Å². The molecule has 2 atom stereocenters. The van der Waals surface area contributed by atoms with Crippen LogP contribution in [0.3, 0.4) is 0 Å². The van der Waals surface area contributed by atoms with Gasteiger partial charge in [-0.15, -0.1) is 0 Å². The summed E-state index contributed by atoms with van der Waals surface area (Å²) >= 11 is 0. The molecule has 1 rings (SSSR count). The largest absolute Gasteiger partial charge is 0.389 e. The number of aliphatic hydroxyl groups excluding tert-OH is 1. The van der Waals surface area contributed by atoms with Gasteiger partial charge in [-0.1, -0.05) is 26.0 Å². The third kappa shape index (κ3) is 1.33. The van der Waals surface area contributed by atoms with Gasteiger partial charge in [-0.2, -0.15) is 0 Å². The third-order valence-corrected chi connectivity index (χ3v) is 2.20. The minimum atomic E-state index is -0.185. The molecule has 0 spiro atoms. The normalized spacial score (nSPS) is 41.9. The van der Waals surface area contributed by atoms with Crippen molar-refractivity contribution in [2.24, 2.45) is 5.41 Å². The highest BCUT2D eigenvalue weighted by molar-refractivity contribution is 5.08. The summed E-state index contributed by atoms with van der Waals surface area (Å²) in [5.41, 5.74) is 0.277. The van der Waals surface area contributed by atoms with Gasteiger partial charge in [0.25, 0.3) is 0 Å². The Bertz CT molecular complexity index is 129. The Morgan fingerprint density at radius 3 is 2.67 bits per heavy atom. The Balaban J connectivity index is 2.57. The Morgan fingerprint density at radius 2 is 2.44 bits per heavy atom. The van der Waals surface area contributed by atoms with E-state index >= 15 is 0 Å². The quantitative estimate of drug-likeness (QED) is 0.530. The van der Waals surface area contributed by atoms with E-state index in [0.29, 0.717) is 0 Å². The molecule has 1 nitrogen and oxygen atoms in total. The fourth-order valence-electron chi connectivity index (χ4n) is 1.22. The van der Waals surface area contributed by atoms with Gasteiger partial charge in [0.2, 0.25) is 0 Å². The molecule has 0 aromatic heterocycles. The summed E-state index contributed by atoms with van der Waals surface area (Å²) in [5, 5.41) is 9.11. The first-order valence-electron chi connectivity index (χ1n) is 3.54. The summed E-state index contributed by atoms with van der Waals surface area (Å²) in [7, 11) is 0. The minimum absolute atomic E-state index is 0.185. The van der Waals surface area contributed by atoms with Crippen LogP contribution in [-0.4, -0.2) is 11.2 Å². The lowest BCUT2D eigenvalue weighted by Gasteiger charge is -2.19. The predicted molar refractivity (Wildman–Crippen MR) is 38.2 cm³/mol. The second-order valence-corrected chi connectivity index (χ2v) is 3.14. The average molecular weight is 126 g/mol. The van der Waals surface area contributed by atoms with Crippen molar-refractivity contribution in [1.82, 2.24) is 0 Å². The lowest BCUT2D eigenvalue weighted by Crippen LogP contribution is -2.12. The van der Waals surface area contributed by atoms with Crippen LogP contribution in [0.4, 0.5) is 0 Å². The van der Waals surface area contributed by atoms with Crippen molar-refractivity contribution < 1.29 is 5.11 Å². The molecule has 9 heavy (non-hydrogen) atoms. The zero-order valence-electron chi connectivity index (χ0n) is 6.09. The van der Waals surface area contributed by atoms with E-state index in [2.05, 4.69) is 19.9 Å². The molecular formula is C8H14O. The van der Waals surface area contributed by atoms with E-state index < -0.39 is 0 Å². The monoisotopic (exact) mass is 126 g/mol. The Hall–Kier alpha value is -0.300. The Kier molecular flexibility index (Phi) is 1.62. The van der Waals surface area contributed by atoms with Crippen molar-refractivity contribution in [3.8, 4) is 0 Å². The standard InChI is InChI=1S/C8H14O/c1-3-8(2)5-4-7(9)6-8/h4-5,7,9H,3,6H2,1-2H3. The van der Waals surface area contributed by atoms with Crippen LogP contribution in [-0.2, 0) is 0 Å². The second kappa shape index (κ2) is 2.14. The van der Waals surface area contributed by atoms with Crippen LogP contribution >= 0.6 is 0 Å². The van der Waals surface area contributed by atoms with Gasteiger partial charge in [0.05, 0.1) is 6.10 Å². The van der Waals surface area contributed by atoms with Crippen molar-refractivity contribution >= 4 is 0 Å². The smallest absolute Gasteiger partial charge is 0.0729 e. The fourth-order valence-corrected chi connectivity index (χ4v) is 1.22. The topological polar surface area (TPSA) is 20.2 Å². The highest BCUT2D eigenvalue weighted by Gasteiger charge is 2.26. The summed E-state index contributed by atoms with van der Waals surface area (Å²) in [6, 6.07) is 0. The van der Waals surface area contributed by atoms with Gasteiger partial charge in [-0.25, -0.2) is 0 Å². The lowest BCUT2D eigenvalue weighted by atomic mass is 9.87. The van der Waals surface area contributed by atoms with Gasteiger partial charge in [0.15, 0.2) is 0 Å². The van der Waals surface area contributed by atoms with E-state index in [9.17, 15) is 0 Å². The molecule has 0 heterocycles. The van der Waals surface area contributed by atoms with Crippen molar-refractivity contribution in [1.29, 1.82) is 0 Å². The highest BCUT2D eigenvalue weighted by atomic mass is 16.3. The molecule has 0 saturated heterocycles. The molecule has 0 saturated carbocycles. The SMILES string of the molecule is CCC1(C)C=CC(O)C1. The molecule has 0 aromatic carbocycles. The lowest BCUT2D eigenvalue weighted by molar-refractivity contribution is 0.184. The van der Waals surface area contributed by atoms with Crippen LogP contribution in [0.25, 0.3) is 0 Å². The molecule has 1 heteroatoms. The van der Waals surface area contributed by atoms with Crippen LogP contribution in [0.5, 0.6) is 0 Å². The van der Waals surface area contributed by atoms with Gasteiger partial charge < -0.3 is 5.11 Å². The molecular weight excluding hydrogens is 112 g/mol. The molecule has 0 bridgehead atoms. The number of aliphatic hydroxyl groups is 1. The summed E-state index contributed by atoms with van der Waals surface area (Å²) in [6.45, 7) is 4.34. The molecule has 0 radical (unpaired) electrons. The van der Waals surface area contributed by atoms with Crippen LogP contribution < -0.4 is 0 Å². The maximum Gasteiger partial charge on any atom is 0.0729 e. The first kappa shape index (κ1) is 6.81. The van der Waals surface area contributed by atoms with Gasteiger partial charge in [0.1, 0.15) is 0 Å². The van der Waals surface area contributed by atoms with E-state index in [1.54, 1.807) is 0 Å². The molecule has 1 aliphatic rings. The first-order valence-corrected chi connectivity index (χ1v) is 3.54.